The number of hydrogen-bond donors (Lipinski definition) is 2. The summed E-state index contributed by atoms with van der Waals surface area (Å²) in [6.45, 7) is 5.99. The Morgan fingerprint density at radius 3 is 2.69 bits per heavy atom. The van der Waals surface area contributed by atoms with Crippen LogP contribution in [0.1, 0.15) is 51.5 Å². The third-order valence-electron chi connectivity index (χ3n) is 3.99. The van der Waals surface area contributed by atoms with Crippen molar-refractivity contribution >= 4 is 12.1 Å². The molecule has 1 amide bonds. The molecule has 0 spiro atoms. The van der Waals surface area contributed by atoms with E-state index >= 15 is 0 Å². The number of benzene rings is 1. The van der Waals surface area contributed by atoms with Gasteiger partial charge in [0.05, 0.1) is 6.61 Å². The van der Waals surface area contributed by atoms with Crippen LogP contribution in [0.25, 0.3) is 0 Å². The molecule has 144 valence electrons. The smallest absolute Gasteiger partial charge is 0.407 e. The van der Waals surface area contributed by atoms with Crippen molar-refractivity contribution in [1.29, 1.82) is 0 Å². The molecule has 1 fully saturated rings. The van der Waals surface area contributed by atoms with Gasteiger partial charge in [-0.15, -0.1) is 0 Å². The molecule has 1 saturated carbocycles. The van der Waals surface area contributed by atoms with Gasteiger partial charge in [0.2, 0.25) is 0 Å². The van der Waals surface area contributed by atoms with Gasteiger partial charge in [-0.1, -0.05) is 6.07 Å². The van der Waals surface area contributed by atoms with Gasteiger partial charge in [0, 0.05) is 13.0 Å². The number of halogens is 1. The van der Waals surface area contributed by atoms with Gasteiger partial charge in [-0.2, -0.15) is 0 Å². The molecule has 2 rings (SSSR count). The molecule has 0 saturated heterocycles. The van der Waals surface area contributed by atoms with E-state index in [2.05, 4.69) is 5.32 Å². The van der Waals surface area contributed by atoms with Gasteiger partial charge < -0.3 is 19.9 Å². The zero-order chi connectivity index (χ0) is 19.3. The van der Waals surface area contributed by atoms with Crippen LogP contribution in [0.2, 0.25) is 0 Å². The fourth-order valence-electron chi connectivity index (χ4n) is 2.73. The third-order valence-corrected chi connectivity index (χ3v) is 3.99. The molecule has 0 radical (unpaired) electrons. The number of ether oxygens (including phenoxy) is 2. The maximum absolute atomic E-state index is 14.1. The predicted octanol–water partition coefficient (Wildman–Crippen LogP) is 3.70. The molecule has 6 nitrogen and oxygen atoms in total. The van der Waals surface area contributed by atoms with E-state index < -0.39 is 23.5 Å². The highest BCUT2D eigenvalue weighted by Gasteiger charge is 2.39. The molecule has 26 heavy (non-hydrogen) atoms. The summed E-state index contributed by atoms with van der Waals surface area (Å²) >= 11 is 0. The van der Waals surface area contributed by atoms with Gasteiger partial charge in [-0.25, -0.2) is 9.18 Å². The molecule has 2 atom stereocenters. The first-order valence-electron chi connectivity index (χ1n) is 8.76. The number of amides is 1. The van der Waals surface area contributed by atoms with Crippen molar-refractivity contribution in [2.75, 3.05) is 13.2 Å². The largest absolute Gasteiger partial charge is 0.490 e. The second-order valence-corrected chi connectivity index (χ2v) is 7.52. The number of alkyl carbamates (subject to hydrolysis) is 1. The highest BCUT2D eigenvalue weighted by atomic mass is 19.1. The molecule has 1 aromatic carbocycles. The standard InChI is InChI=1S/C19H26FNO5/c1-19(2,3)26-18(24)21-7-4-8-25-16-6-5-12(10-15(16)20)14-9-13(14)11-17(22)23/h5-6,10,13-14H,4,7-9,11H2,1-3H3,(H,21,24)(H,22,23). The molecular weight excluding hydrogens is 341 g/mol. The van der Waals surface area contributed by atoms with Gasteiger partial charge in [-0.05, 0) is 63.1 Å². The number of carboxylic acids is 1. The van der Waals surface area contributed by atoms with E-state index in [9.17, 15) is 14.0 Å². The van der Waals surface area contributed by atoms with Crippen molar-refractivity contribution in [1.82, 2.24) is 5.32 Å². The van der Waals surface area contributed by atoms with Crippen molar-refractivity contribution in [3.05, 3.63) is 29.6 Å². The Labute approximate surface area is 152 Å². The minimum atomic E-state index is -0.821. The summed E-state index contributed by atoms with van der Waals surface area (Å²) in [5.74, 6) is -0.909. The summed E-state index contributed by atoms with van der Waals surface area (Å²) in [5, 5.41) is 11.4. The van der Waals surface area contributed by atoms with E-state index in [0.29, 0.717) is 13.0 Å². The van der Waals surface area contributed by atoms with Crippen LogP contribution in [0.15, 0.2) is 18.2 Å². The molecule has 1 aliphatic carbocycles. The van der Waals surface area contributed by atoms with Gasteiger partial charge in [0.25, 0.3) is 0 Å². The number of carboxylic acid groups (broad SMARTS) is 1. The van der Waals surface area contributed by atoms with E-state index in [0.717, 1.165) is 12.0 Å². The average molecular weight is 367 g/mol. The first kappa shape index (κ1) is 20.0. The minimum Gasteiger partial charge on any atom is -0.490 e. The summed E-state index contributed by atoms with van der Waals surface area (Å²) in [6, 6.07) is 4.77. The van der Waals surface area contributed by atoms with Crippen LogP contribution < -0.4 is 10.1 Å². The maximum Gasteiger partial charge on any atom is 0.407 e. The van der Waals surface area contributed by atoms with Crippen LogP contribution >= 0.6 is 0 Å². The number of nitrogens with one attached hydrogen (secondary N) is 1. The molecule has 0 bridgehead atoms. The fraction of sp³-hybridized carbons (Fsp3) is 0.579. The molecule has 7 heteroatoms. The zero-order valence-electron chi connectivity index (χ0n) is 15.4. The van der Waals surface area contributed by atoms with Gasteiger partial charge >= 0.3 is 12.1 Å². The summed E-state index contributed by atoms with van der Waals surface area (Å²) in [5.41, 5.74) is 0.268. The Morgan fingerprint density at radius 1 is 1.35 bits per heavy atom. The fourth-order valence-corrected chi connectivity index (χ4v) is 2.73. The molecule has 1 aliphatic rings. The van der Waals surface area contributed by atoms with Crippen LogP contribution in [-0.2, 0) is 9.53 Å². The van der Waals surface area contributed by atoms with Crippen molar-refractivity contribution in [3.63, 3.8) is 0 Å². The topological polar surface area (TPSA) is 84.9 Å². The average Bonchev–Trinajstić information content (AvgIpc) is 3.24. The van der Waals surface area contributed by atoms with Gasteiger partial charge in [0.1, 0.15) is 5.60 Å². The highest BCUT2D eigenvalue weighted by molar-refractivity contribution is 5.68. The van der Waals surface area contributed by atoms with E-state index in [1.54, 1.807) is 32.9 Å². The lowest BCUT2D eigenvalue weighted by Crippen LogP contribution is -2.33. The number of carbonyl (C=O) groups excluding carboxylic acids is 1. The molecule has 2 unspecified atom stereocenters. The lowest BCUT2D eigenvalue weighted by Gasteiger charge is -2.19. The van der Waals surface area contributed by atoms with Crippen molar-refractivity contribution in [3.8, 4) is 5.75 Å². The van der Waals surface area contributed by atoms with Crippen molar-refractivity contribution < 1.29 is 28.6 Å². The Bertz CT molecular complexity index is 656. The first-order chi connectivity index (χ1) is 12.2. The lowest BCUT2D eigenvalue weighted by atomic mass is 10.1. The van der Waals surface area contributed by atoms with E-state index in [-0.39, 0.29) is 30.6 Å². The Kier molecular flexibility index (Phi) is 6.45. The SMILES string of the molecule is CC(C)(C)OC(=O)NCCCOc1ccc(C2CC2CC(=O)O)cc1F. The number of rotatable bonds is 8. The number of carbonyl (C=O) groups is 2. The Balaban J connectivity index is 1.70. The second kappa shape index (κ2) is 8.38. The molecule has 0 aliphatic heterocycles. The summed E-state index contributed by atoms with van der Waals surface area (Å²) < 4.78 is 24.6. The normalized spacial score (nSPS) is 18.9. The Hall–Kier alpha value is -2.31. The summed E-state index contributed by atoms with van der Waals surface area (Å²) in [4.78, 5) is 22.2. The summed E-state index contributed by atoms with van der Waals surface area (Å²) in [7, 11) is 0. The van der Waals surface area contributed by atoms with Crippen LogP contribution in [0, 0.1) is 11.7 Å². The predicted molar refractivity (Wildman–Crippen MR) is 93.8 cm³/mol. The van der Waals surface area contributed by atoms with E-state index in [1.165, 1.54) is 6.07 Å². The van der Waals surface area contributed by atoms with E-state index in [1.807, 2.05) is 0 Å². The molecule has 2 N–H and O–H groups in total. The van der Waals surface area contributed by atoms with Crippen LogP contribution in [0.4, 0.5) is 9.18 Å². The van der Waals surface area contributed by atoms with Crippen molar-refractivity contribution in [2.24, 2.45) is 5.92 Å². The highest BCUT2D eigenvalue weighted by Crippen LogP contribution is 2.49. The van der Waals surface area contributed by atoms with Crippen molar-refractivity contribution in [2.45, 2.75) is 51.6 Å². The molecule has 0 aromatic heterocycles. The summed E-state index contributed by atoms with van der Waals surface area (Å²) in [6.07, 6.45) is 0.926. The maximum atomic E-state index is 14.1. The number of aliphatic carboxylic acids is 1. The third kappa shape index (κ3) is 6.54. The molecule has 0 heterocycles. The Morgan fingerprint density at radius 2 is 2.08 bits per heavy atom. The van der Waals surface area contributed by atoms with Gasteiger partial charge in [-0.3, -0.25) is 4.79 Å². The van der Waals surface area contributed by atoms with Crippen LogP contribution in [0.3, 0.4) is 0 Å². The molecular formula is C19H26FNO5. The lowest BCUT2D eigenvalue weighted by molar-refractivity contribution is -0.137. The molecule has 1 aromatic rings. The van der Waals surface area contributed by atoms with Crippen LogP contribution in [-0.4, -0.2) is 35.9 Å². The van der Waals surface area contributed by atoms with E-state index in [4.69, 9.17) is 14.6 Å². The van der Waals surface area contributed by atoms with Crippen LogP contribution in [0.5, 0.6) is 5.75 Å². The first-order valence-corrected chi connectivity index (χ1v) is 8.76. The van der Waals surface area contributed by atoms with Gasteiger partial charge in [0.15, 0.2) is 11.6 Å². The zero-order valence-corrected chi connectivity index (χ0v) is 15.4. The minimum absolute atomic E-state index is 0.0950. The second-order valence-electron chi connectivity index (χ2n) is 7.52. The number of hydrogen-bond acceptors (Lipinski definition) is 4. The quantitative estimate of drug-likeness (QED) is 0.685. The monoisotopic (exact) mass is 367 g/mol.